The van der Waals surface area contributed by atoms with Gasteiger partial charge in [-0.2, -0.15) is 0 Å². The van der Waals surface area contributed by atoms with Crippen LogP contribution in [-0.4, -0.2) is 40.6 Å². The number of aliphatic hydroxyl groups is 1. The maximum atomic E-state index is 12.0. The van der Waals surface area contributed by atoms with Crippen molar-refractivity contribution in [1.82, 2.24) is 9.88 Å². The average molecular weight is 294 g/mol. The Morgan fingerprint density at radius 2 is 2.30 bits per heavy atom. The largest absolute Gasteiger partial charge is 0.459 e. The lowest BCUT2D eigenvalue weighted by Gasteiger charge is -2.22. The Morgan fingerprint density at radius 1 is 1.55 bits per heavy atom. The number of nitrogens with zero attached hydrogens (tertiary/aromatic N) is 2. The molecular formula is C14H18N2O3S. The van der Waals surface area contributed by atoms with Crippen LogP contribution >= 0.6 is 11.3 Å². The minimum atomic E-state index is -0.187. The second kappa shape index (κ2) is 6.19. The minimum Gasteiger partial charge on any atom is -0.459 e. The Bertz CT molecular complexity index is 591. The van der Waals surface area contributed by atoms with Gasteiger partial charge in [-0.1, -0.05) is 0 Å². The highest BCUT2D eigenvalue weighted by molar-refractivity contribution is 7.13. The van der Waals surface area contributed by atoms with Crippen molar-refractivity contribution in [3.63, 3.8) is 0 Å². The number of likely N-dealkylation sites (N-methyl/N-ethyl adjacent to an activating group) is 1. The number of carbonyl (C=O) groups is 1. The van der Waals surface area contributed by atoms with Crippen LogP contribution in [-0.2, 0) is 11.2 Å². The Labute approximate surface area is 121 Å². The highest BCUT2D eigenvalue weighted by Crippen LogP contribution is 2.25. The van der Waals surface area contributed by atoms with Crippen LogP contribution in [0.15, 0.2) is 21.9 Å². The fourth-order valence-corrected chi connectivity index (χ4v) is 2.48. The van der Waals surface area contributed by atoms with E-state index in [4.69, 9.17) is 9.52 Å². The fourth-order valence-electron chi connectivity index (χ4n) is 1.70. The van der Waals surface area contributed by atoms with Gasteiger partial charge in [0, 0.05) is 12.4 Å². The van der Waals surface area contributed by atoms with E-state index in [-0.39, 0.29) is 25.0 Å². The Balaban J connectivity index is 2.05. The van der Waals surface area contributed by atoms with Gasteiger partial charge in [-0.15, -0.1) is 11.3 Å². The number of aromatic nitrogens is 1. The highest BCUT2D eigenvalue weighted by Gasteiger charge is 2.17. The van der Waals surface area contributed by atoms with Crippen molar-refractivity contribution in [2.45, 2.75) is 26.3 Å². The Hall–Kier alpha value is -1.66. The van der Waals surface area contributed by atoms with Gasteiger partial charge in [0.15, 0.2) is 10.8 Å². The molecule has 1 unspecified atom stereocenters. The number of hydrogen-bond donors (Lipinski definition) is 1. The number of rotatable bonds is 5. The Kier molecular flexibility index (Phi) is 4.57. The molecule has 0 aliphatic carbocycles. The molecule has 0 aromatic carbocycles. The molecule has 0 saturated heterocycles. The first kappa shape index (κ1) is 14.7. The molecule has 0 fully saturated rings. The number of furan rings is 1. The van der Waals surface area contributed by atoms with E-state index in [0.29, 0.717) is 0 Å². The van der Waals surface area contributed by atoms with Crippen LogP contribution in [0.2, 0.25) is 0 Å². The van der Waals surface area contributed by atoms with Gasteiger partial charge in [-0.05, 0) is 26.0 Å². The van der Waals surface area contributed by atoms with Gasteiger partial charge in [0.05, 0.1) is 24.8 Å². The summed E-state index contributed by atoms with van der Waals surface area (Å²) >= 11 is 1.46. The first-order chi connectivity index (χ1) is 9.51. The fraction of sp³-hybridized carbons (Fsp3) is 0.429. The molecule has 0 aliphatic rings. The van der Waals surface area contributed by atoms with Crippen LogP contribution in [0, 0.1) is 6.92 Å². The summed E-state index contributed by atoms with van der Waals surface area (Å²) in [6.07, 6.45) is 0.233. The zero-order valence-electron chi connectivity index (χ0n) is 11.8. The zero-order chi connectivity index (χ0) is 14.7. The first-order valence-electron chi connectivity index (χ1n) is 6.39. The lowest BCUT2D eigenvalue weighted by atomic mass is 10.2. The van der Waals surface area contributed by atoms with E-state index in [1.807, 2.05) is 24.4 Å². The molecule has 6 heteroatoms. The van der Waals surface area contributed by atoms with Gasteiger partial charge >= 0.3 is 0 Å². The third kappa shape index (κ3) is 3.26. The van der Waals surface area contributed by atoms with Crippen LogP contribution in [0.25, 0.3) is 10.8 Å². The molecule has 1 amide bonds. The molecule has 0 bridgehead atoms. The van der Waals surface area contributed by atoms with Gasteiger partial charge in [0.25, 0.3) is 0 Å². The van der Waals surface area contributed by atoms with Crippen molar-refractivity contribution >= 4 is 17.2 Å². The van der Waals surface area contributed by atoms with Crippen molar-refractivity contribution < 1.29 is 14.3 Å². The smallest absolute Gasteiger partial charge is 0.228 e. The maximum Gasteiger partial charge on any atom is 0.228 e. The summed E-state index contributed by atoms with van der Waals surface area (Å²) in [5.74, 6) is 1.51. The lowest BCUT2D eigenvalue weighted by molar-refractivity contribution is -0.131. The van der Waals surface area contributed by atoms with Crippen molar-refractivity contribution in [3.05, 3.63) is 29.0 Å². The summed E-state index contributed by atoms with van der Waals surface area (Å²) in [5, 5.41) is 11.7. The van der Waals surface area contributed by atoms with Crippen molar-refractivity contribution in [3.8, 4) is 10.8 Å². The van der Waals surface area contributed by atoms with E-state index in [9.17, 15) is 4.79 Å². The molecule has 1 atom stereocenters. The number of hydrogen-bond acceptors (Lipinski definition) is 5. The van der Waals surface area contributed by atoms with E-state index in [1.54, 1.807) is 14.0 Å². The first-order valence-corrected chi connectivity index (χ1v) is 7.27. The molecule has 0 aliphatic heterocycles. The van der Waals surface area contributed by atoms with Crippen LogP contribution < -0.4 is 0 Å². The Morgan fingerprint density at radius 3 is 2.90 bits per heavy atom. The van der Waals surface area contributed by atoms with Crippen molar-refractivity contribution in [1.29, 1.82) is 0 Å². The van der Waals surface area contributed by atoms with E-state index in [0.717, 1.165) is 22.2 Å². The summed E-state index contributed by atoms with van der Waals surface area (Å²) in [7, 11) is 1.69. The molecule has 108 valence electrons. The summed E-state index contributed by atoms with van der Waals surface area (Å²) < 4.78 is 5.51. The topological polar surface area (TPSA) is 66.6 Å². The summed E-state index contributed by atoms with van der Waals surface area (Å²) in [6, 6.07) is 3.58. The third-order valence-corrected chi connectivity index (χ3v) is 4.06. The number of thiazole rings is 1. The minimum absolute atomic E-state index is 0.0454. The monoisotopic (exact) mass is 294 g/mol. The predicted octanol–water partition coefficient (Wildman–Crippen LogP) is 2.09. The van der Waals surface area contributed by atoms with Crippen LogP contribution in [0.1, 0.15) is 18.4 Å². The molecule has 0 radical (unpaired) electrons. The molecule has 2 rings (SSSR count). The average Bonchev–Trinajstić information content (AvgIpc) is 3.05. The van der Waals surface area contributed by atoms with Crippen LogP contribution in [0.3, 0.4) is 0 Å². The third-order valence-electron chi connectivity index (χ3n) is 3.15. The van der Waals surface area contributed by atoms with Gasteiger partial charge in [0.2, 0.25) is 5.91 Å². The number of aryl methyl sites for hydroxylation is 1. The number of amides is 1. The molecule has 1 N–H and O–H groups in total. The second-order valence-corrected chi connectivity index (χ2v) is 5.63. The molecule has 2 aromatic heterocycles. The van der Waals surface area contributed by atoms with Gasteiger partial charge in [0.1, 0.15) is 5.76 Å². The second-order valence-electron chi connectivity index (χ2n) is 4.77. The molecule has 0 spiro atoms. The molecule has 2 aromatic rings. The van der Waals surface area contributed by atoms with E-state index < -0.39 is 0 Å². The molecular weight excluding hydrogens is 276 g/mol. The SMILES string of the molecule is Cc1ccc(-c2nc(CC(=O)N(C)C(C)CO)cs2)o1. The quantitative estimate of drug-likeness (QED) is 0.917. The van der Waals surface area contributed by atoms with Gasteiger partial charge < -0.3 is 14.4 Å². The van der Waals surface area contributed by atoms with E-state index in [2.05, 4.69) is 4.98 Å². The summed E-state index contributed by atoms with van der Waals surface area (Å²) in [5.41, 5.74) is 0.723. The van der Waals surface area contributed by atoms with E-state index >= 15 is 0 Å². The number of carbonyl (C=O) groups excluding carboxylic acids is 1. The van der Waals surface area contributed by atoms with Crippen molar-refractivity contribution in [2.24, 2.45) is 0 Å². The zero-order valence-corrected chi connectivity index (χ0v) is 12.6. The van der Waals surface area contributed by atoms with Crippen LogP contribution in [0.5, 0.6) is 0 Å². The van der Waals surface area contributed by atoms with Gasteiger partial charge in [-0.3, -0.25) is 4.79 Å². The summed E-state index contributed by atoms with van der Waals surface area (Å²) in [4.78, 5) is 18.0. The molecule has 20 heavy (non-hydrogen) atoms. The molecule has 2 heterocycles. The number of aliphatic hydroxyl groups excluding tert-OH is 1. The van der Waals surface area contributed by atoms with Crippen LogP contribution in [0.4, 0.5) is 0 Å². The molecule has 5 nitrogen and oxygen atoms in total. The highest BCUT2D eigenvalue weighted by atomic mass is 32.1. The lowest BCUT2D eigenvalue weighted by Crippen LogP contribution is -2.38. The standard InChI is InChI=1S/C14H18N2O3S/c1-9(7-17)16(3)13(18)6-11-8-20-14(15-11)12-5-4-10(2)19-12/h4-5,8-9,17H,6-7H2,1-3H3. The maximum absolute atomic E-state index is 12.0. The molecule has 0 saturated carbocycles. The van der Waals surface area contributed by atoms with E-state index in [1.165, 1.54) is 16.2 Å². The summed E-state index contributed by atoms with van der Waals surface area (Å²) in [6.45, 7) is 3.64. The normalized spacial score (nSPS) is 12.4. The van der Waals surface area contributed by atoms with Crippen molar-refractivity contribution in [2.75, 3.05) is 13.7 Å². The predicted molar refractivity (Wildman–Crippen MR) is 77.6 cm³/mol. The van der Waals surface area contributed by atoms with Gasteiger partial charge in [-0.25, -0.2) is 4.98 Å².